The zero-order valence-corrected chi connectivity index (χ0v) is 12.6. The van der Waals surface area contributed by atoms with E-state index < -0.39 is 6.03 Å². The predicted octanol–water partition coefficient (Wildman–Crippen LogP) is 1.55. The number of nitrogens with zero attached hydrogens (tertiary/aromatic N) is 1. The Labute approximate surface area is 130 Å². The van der Waals surface area contributed by atoms with Crippen LogP contribution in [-0.2, 0) is 0 Å². The number of nitrogens with one attached hydrogen (secondary N) is 1. The largest absolute Gasteiger partial charge is 0.351 e. The molecule has 1 aliphatic heterocycles. The van der Waals surface area contributed by atoms with Gasteiger partial charge in [-0.15, -0.1) is 12.4 Å². The van der Waals surface area contributed by atoms with Crippen LogP contribution in [0.4, 0.5) is 10.5 Å². The number of carbonyl (C=O) groups is 2. The molecule has 21 heavy (non-hydrogen) atoms. The molecule has 0 aromatic heterocycles. The van der Waals surface area contributed by atoms with Crippen molar-refractivity contribution < 1.29 is 9.59 Å². The summed E-state index contributed by atoms with van der Waals surface area (Å²) in [7, 11) is 0. The second-order valence-electron chi connectivity index (χ2n) is 4.95. The van der Waals surface area contributed by atoms with E-state index in [2.05, 4.69) is 5.32 Å². The Morgan fingerprint density at radius 2 is 2.10 bits per heavy atom. The fraction of sp³-hybridized carbons (Fsp3) is 0.429. The van der Waals surface area contributed by atoms with Crippen molar-refractivity contribution in [3.8, 4) is 0 Å². The maximum Gasteiger partial charge on any atom is 0.316 e. The molecule has 0 bridgehead atoms. The monoisotopic (exact) mass is 312 g/mol. The van der Waals surface area contributed by atoms with E-state index in [0.29, 0.717) is 17.8 Å². The van der Waals surface area contributed by atoms with Gasteiger partial charge in [0.15, 0.2) is 0 Å². The number of nitrogens with two attached hydrogens (primary N) is 2. The van der Waals surface area contributed by atoms with E-state index in [1.807, 2.05) is 4.90 Å². The van der Waals surface area contributed by atoms with Crippen molar-refractivity contribution in [3.63, 3.8) is 0 Å². The molecule has 7 heteroatoms. The van der Waals surface area contributed by atoms with Crippen LogP contribution in [0.3, 0.4) is 0 Å². The summed E-state index contributed by atoms with van der Waals surface area (Å²) in [6.45, 7) is 1.21. The number of halogens is 1. The number of piperidine rings is 1. The second kappa shape index (κ2) is 7.85. The van der Waals surface area contributed by atoms with E-state index in [1.165, 1.54) is 0 Å². The number of primary amides is 1. The highest BCUT2D eigenvalue weighted by molar-refractivity contribution is 5.96. The summed E-state index contributed by atoms with van der Waals surface area (Å²) in [6, 6.07) is 6.24. The normalized spacial score (nSPS) is 17.8. The number of hydrogen-bond donors (Lipinski definition) is 3. The van der Waals surface area contributed by atoms with Gasteiger partial charge in [-0.05, 0) is 37.5 Å². The van der Waals surface area contributed by atoms with Gasteiger partial charge in [-0.1, -0.05) is 6.07 Å². The Kier molecular flexibility index (Phi) is 6.45. The van der Waals surface area contributed by atoms with E-state index in [4.69, 9.17) is 11.5 Å². The van der Waals surface area contributed by atoms with Crippen molar-refractivity contribution in [2.45, 2.75) is 25.3 Å². The molecule has 2 rings (SSSR count). The topological polar surface area (TPSA) is 101 Å². The van der Waals surface area contributed by atoms with E-state index >= 15 is 0 Å². The molecular weight excluding hydrogens is 292 g/mol. The third-order valence-corrected chi connectivity index (χ3v) is 3.54. The molecule has 1 aliphatic rings. The van der Waals surface area contributed by atoms with E-state index in [0.717, 1.165) is 25.8 Å². The minimum absolute atomic E-state index is 0. The Morgan fingerprint density at radius 3 is 2.76 bits per heavy atom. The molecule has 1 atom stereocenters. The molecule has 116 valence electrons. The molecule has 0 radical (unpaired) electrons. The average Bonchev–Trinajstić information content (AvgIpc) is 2.46. The van der Waals surface area contributed by atoms with Crippen molar-refractivity contribution in [2.75, 3.05) is 18.4 Å². The van der Waals surface area contributed by atoms with Crippen LogP contribution in [0.2, 0.25) is 0 Å². The number of amides is 3. The fourth-order valence-electron chi connectivity index (χ4n) is 2.55. The van der Waals surface area contributed by atoms with Crippen LogP contribution in [0.5, 0.6) is 0 Å². The number of likely N-dealkylation sites (tertiary alicyclic amines) is 1. The Hall–Kier alpha value is -1.79. The molecule has 1 heterocycles. The smallest absolute Gasteiger partial charge is 0.316 e. The van der Waals surface area contributed by atoms with Crippen molar-refractivity contribution in [2.24, 2.45) is 11.5 Å². The van der Waals surface area contributed by atoms with Gasteiger partial charge >= 0.3 is 6.03 Å². The van der Waals surface area contributed by atoms with Crippen LogP contribution in [0.15, 0.2) is 24.3 Å². The Balaban J connectivity index is 0.00000220. The van der Waals surface area contributed by atoms with E-state index in [1.54, 1.807) is 24.3 Å². The zero-order chi connectivity index (χ0) is 14.5. The molecule has 1 fully saturated rings. The first-order valence-electron chi connectivity index (χ1n) is 6.79. The van der Waals surface area contributed by atoms with Crippen LogP contribution in [0, 0.1) is 0 Å². The van der Waals surface area contributed by atoms with Gasteiger partial charge in [-0.3, -0.25) is 4.79 Å². The molecule has 6 nitrogen and oxygen atoms in total. The lowest BCUT2D eigenvalue weighted by Crippen LogP contribution is -2.47. The molecular formula is C14H21ClN4O2. The van der Waals surface area contributed by atoms with Crippen LogP contribution in [0.1, 0.15) is 29.6 Å². The minimum atomic E-state index is -0.646. The lowest BCUT2D eigenvalue weighted by molar-refractivity contribution is 0.0623. The van der Waals surface area contributed by atoms with Crippen LogP contribution in [-0.4, -0.2) is 36.0 Å². The van der Waals surface area contributed by atoms with Crippen molar-refractivity contribution in [1.82, 2.24) is 4.90 Å². The SMILES string of the molecule is Cl.NCC1CCCCN1C(=O)c1cccc(NC(N)=O)c1. The summed E-state index contributed by atoms with van der Waals surface area (Å²) in [5, 5.41) is 2.47. The Bertz CT molecular complexity index is 510. The number of hydrogen-bond acceptors (Lipinski definition) is 3. The lowest BCUT2D eigenvalue weighted by atomic mass is 10.0. The third-order valence-electron chi connectivity index (χ3n) is 3.54. The molecule has 5 N–H and O–H groups in total. The maximum atomic E-state index is 12.5. The molecule has 0 spiro atoms. The van der Waals surface area contributed by atoms with Gasteiger partial charge in [0.25, 0.3) is 5.91 Å². The highest BCUT2D eigenvalue weighted by Crippen LogP contribution is 2.20. The minimum Gasteiger partial charge on any atom is -0.351 e. The summed E-state index contributed by atoms with van der Waals surface area (Å²) in [6.07, 6.45) is 3.05. The van der Waals surface area contributed by atoms with Gasteiger partial charge in [0.2, 0.25) is 0 Å². The van der Waals surface area contributed by atoms with E-state index in [-0.39, 0.29) is 24.4 Å². The van der Waals surface area contributed by atoms with Gasteiger partial charge in [0.1, 0.15) is 0 Å². The van der Waals surface area contributed by atoms with Crippen LogP contribution < -0.4 is 16.8 Å². The highest BCUT2D eigenvalue weighted by Gasteiger charge is 2.26. The standard InChI is InChI=1S/C14H20N4O2.ClH/c15-9-12-6-1-2-7-18(12)13(19)10-4-3-5-11(8-10)17-14(16)20;/h3-5,8,12H,1-2,6-7,9,15H2,(H3,16,17,20);1H. The quantitative estimate of drug-likeness (QED) is 0.789. The van der Waals surface area contributed by atoms with Gasteiger partial charge < -0.3 is 21.7 Å². The third kappa shape index (κ3) is 4.34. The molecule has 1 unspecified atom stereocenters. The predicted molar refractivity (Wildman–Crippen MR) is 84.6 cm³/mol. The molecule has 1 aromatic carbocycles. The first kappa shape index (κ1) is 17.3. The molecule has 0 aliphatic carbocycles. The molecule has 0 saturated carbocycles. The van der Waals surface area contributed by atoms with Crippen molar-refractivity contribution in [1.29, 1.82) is 0 Å². The van der Waals surface area contributed by atoms with Crippen molar-refractivity contribution >= 4 is 30.0 Å². The zero-order valence-electron chi connectivity index (χ0n) is 11.7. The summed E-state index contributed by atoms with van der Waals surface area (Å²) < 4.78 is 0. The number of rotatable bonds is 3. The average molecular weight is 313 g/mol. The first-order valence-corrected chi connectivity index (χ1v) is 6.79. The van der Waals surface area contributed by atoms with E-state index in [9.17, 15) is 9.59 Å². The molecule has 1 saturated heterocycles. The highest BCUT2D eigenvalue weighted by atomic mass is 35.5. The second-order valence-corrected chi connectivity index (χ2v) is 4.95. The van der Waals surface area contributed by atoms with Gasteiger partial charge in [0.05, 0.1) is 0 Å². The summed E-state index contributed by atoms with van der Waals surface area (Å²) in [4.78, 5) is 25.2. The van der Waals surface area contributed by atoms with Gasteiger partial charge in [-0.25, -0.2) is 4.79 Å². The molecule has 1 aromatic rings. The van der Waals surface area contributed by atoms with Gasteiger partial charge in [0, 0.05) is 30.4 Å². The number of benzene rings is 1. The van der Waals surface area contributed by atoms with Gasteiger partial charge in [-0.2, -0.15) is 0 Å². The molecule has 3 amide bonds. The number of urea groups is 1. The van der Waals surface area contributed by atoms with Crippen LogP contribution >= 0.6 is 12.4 Å². The fourth-order valence-corrected chi connectivity index (χ4v) is 2.55. The first-order chi connectivity index (χ1) is 9.61. The number of anilines is 1. The summed E-state index contributed by atoms with van der Waals surface area (Å²) in [5.74, 6) is -0.0479. The Morgan fingerprint density at radius 1 is 1.33 bits per heavy atom. The van der Waals surface area contributed by atoms with Crippen molar-refractivity contribution in [3.05, 3.63) is 29.8 Å². The maximum absolute atomic E-state index is 12.5. The summed E-state index contributed by atoms with van der Waals surface area (Å²) in [5.41, 5.74) is 11.9. The summed E-state index contributed by atoms with van der Waals surface area (Å²) >= 11 is 0. The lowest BCUT2D eigenvalue weighted by Gasteiger charge is -2.35. The number of carbonyl (C=O) groups excluding carboxylic acids is 2. The van der Waals surface area contributed by atoms with Crippen LogP contribution in [0.25, 0.3) is 0 Å².